The number of benzene rings is 2. The molecule has 9 heteroatoms. The fourth-order valence-corrected chi connectivity index (χ4v) is 2.23. The van der Waals surface area contributed by atoms with Crippen LogP contribution in [-0.4, -0.2) is 30.0 Å². The van der Waals surface area contributed by atoms with E-state index in [2.05, 4.69) is 10.6 Å². The Hall–Kier alpha value is -3.62. The van der Waals surface area contributed by atoms with E-state index in [1.54, 1.807) is 24.3 Å². The van der Waals surface area contributed by atoms with Crippen LogP contribution in [0.5, 0.6) is 11.5 Å². The van der Waals surface area contributed by atoms with Gasteiger partial charge >= 0.3 is 5.69 Å². The van der Waals surface area contributed by atoms with Crippen molar-refractivity contribution in [2.24, 2.45) is 0 Å². The summed E-state index contributed by atoms with van der Waals surface area (Å²) in [5.41, 5.74) is 0.665. The number of nitrogens with zero attached hydrogens (tertiary/aromatic N) is 1. The van der Waals surface area contributed by atoms with Gasteiger partial charge in [-0.2, -0.15) is 0 Å². The molecule has 2 aromatic rings. The van der Waals surface area contributed by atoms with E-state index >= 15 is 0 Å². The number of ether oxygens (including phenoxy) is 2. The van der Waals surface area contributed by atoms with Crippen molar-refractivity contribution in [1.82, 2.24) is 0 Å². The maximum Gasteiger partial charge on any atom is 0.310 e. The molecular formula is C16H13N3O6. The van der Waals surface area contributed by atoms with Gasteiger partial charge in [0.15, 0.2) is 19.0 Å². The van der Waals surface area contributed by atoms with Gasteiger partial charge in [-0.3, -0.25) is 19.7 Å². The lowest BCUT2D eigenvalue weighted by Crippen LogP contribution is -2.25. The molecule has 2 aromatic carbocycles. The lowest BCUT2D eigenvalue weighted by Gasteiger charge is -2.18. The summed E-state index contributed by atoms with van der Waals surface area (Å²) in [5.74, 6) is -0.264. The minimum absolute atomic E-state index is 0.00811. The molecule has 9 nitrogen and oxygen atoms in total. The predicted octanol–water partition coefficient (Wildman–Crippen LogP) is 1.94. The summed E-state index contributed by atoms with van der Waals surface area (Å²) < 4.78 is 10.4. The van der Waals surface area contributed by atoms with E-state index in [1.807, 2.05) is 0 Å². The van der Waals surface area contributed by atoms with Crippen LogP contribution in [0.1, 0.15) is 0 Å². The number of fused-ring (bicyclic) bond motifs is 1. The van der Waals surface area contributed by atoms with Crippen molar-refractivity contribution in [2.45, 2.75) is 0 Å². The Bertz CT molecular complexity index is 852. The summed E-state index contributed by atoms with van der Waals surface area (Å²) >= 11 is 0. The first-order chi connectivity index (χ1) is 12.0. The molecule has 0 bridgehead atoms. The molecular weight excluding hydrogens is 330 g/mol. The van der Waals surface area contributed by atoms with Gasteiger partial charge in [-0.25, -0.2) is 0 Å². The Morgan fingerprint density at radius 2 is 2.12 bits per heavy atom. The number of hydrogen-bond acceptors (Lipinski definition) is 6. The second kappa shape index (κ2) is 6.87. The van der Waals surface area contributed by atoms with Crippen molar-refractivity contribution in [3.63, 3.8) is 0 Å². The third kappa shape index (κ3) is 3.83. The Labute approximate surface area is 141 Å². The number of carbonyl (C=O) groups is 2. The number of hydrogen-bond donors (Lipinski definition) is 2. The average molecular weight is 343 g/mol. The van der Waals surface area contributed by atoms with Crippen LogP contribution in [0.25, 0.3) is 0 Å². The number of anilines is 2. The lowest BCUT2D eigenvalue weighted by molar-refractivity contribution is -0.385. The molecule has 0 aromatic heterocycles. The largest absolute Gasteiger partial charge is 0.482 e. The van der Waals surface area contributed by atoms with Crippen LogP contribution in [0.15, 0.2) is 42.5 Å². The molecule has 1 aliphatic heterocycles. The van der Waals surface area contributed by atoms with Crippen LogP contribution in [0, 0.1) is 10.1 Å². The van der Waals surface area contributed by atoms with Crippen LogP contribution >= 0.6 is 0 Å². The average Bonchev–Trinajstić information content (AvgIpc) is 2.59. The van der Waals surface area contributed by atoms with Gasteiger partial charge < -0.3 is 20.1 Å². The smallest absolute Gasteiger partial charge is 0.310 e. The maximum atomic E-state index is 12.0. The molecule has 0 spiro atoms. The Morgan fingerprint density at radius 1 is 1.32 bits per heavy atom. The fourth-order valence-electron chi connectivity index (χ4n) is 2.23. The van der Waals surface area contributed by atoms with Crippen molar-refractivity contribution in [3.05, 3.63) is 52.6 Å². The van der Waals surface area contributed by atoms with Gasteiger partial charge in [0.2, 0.25) is 0 Å². The Morgan fingerprint density at radius 3 is 2.92 bits per heavy atom. The lowest BCUT2D eigenvalue weighted by atomic mass is 10.2. The first kappa shape index (κ1) is 16.2. The molecule has 0 atom stereocenters. The van der Waals surface area contributed by atoms with Crippen LogP contribution in [-0.2, 0) is 9.59 Å². The summed E-state index contributed by atoms with van der Waals surface area (Å²) in [4.78, 5) is 33.6. The molecule has 128 valence electrons. The van der Waals surface area contributed by atoms with E-state index in [9.17, 15) is 19.7 Å². The van der Waals surface area contributed by atoms with Gasteiger partial charge in [0.1, 0.15) is 5.75 Å². The number of para-hydroxylation sites is 2. The standard InChI is InChI=1S/C16H13N3O6/c20-15(8-25-14-4-2-1-3-12(14)19(22)23)17-10-5-6-13-11(7-10)18-16(21)9-24-13/h1-7H,8-9H2,(H,17,20)(H,18,21). The SMILES string of the molecule is O=C(COc1ccccc1[N+](=O)[O-])Nc1ccc2c(c1)NC(=O)CO2. The van der Waals surface area contributed by atoms with E-state index in [-0.39, 0.29) is 24.0 Å². The Kier molecular flexibility index (Phi) is 4.46. The second-order valence-corrected chi connectivity index (χ2v) is 5.11. The maximum absolute atomic E-state index is 12.0. The quantitative estimate of drug-likeness (QED) is 0.632. The van der Waals surface area contributed by atoms with Gasteiger partial charge in [0, 0.05) is 11.8 Å². The van der Waals surface area contributed by atoms with Crippen molar-refractivity contribution in [2.75, 3.05) is 23.8 Å². The van der Waals surface area contributed by atoms with E-state index in [0.717, 1.165) is 0 Å². The van der Waals surface area contributed by atoms with Crippen LogP contribution < -0.4 is 20.1 Å². The molecule has 2 N–H and O–H groups in total. The van der Waals surface area contributed by atoms with Crippen LogP contribution in [0.2, 0.25) is 0 Å². The summed E-state index contributed by atoms with van der Waals surface area (Å²) in [7, 11) is 0. The molecule has 1 aliphatic rings. The van der Waals surface area contributed by atoms with Crippen LogP contribution in [0.4, 0.5) is 17.1 Å². The number of amides is 2. The third-order valence-corrected chi connectivity index (χ3v) is 3.32. The van der Waals surface area contributed by atoms with Crippen molar-refractivity contribution < 1.29 is 24.0 Å². The topological polar surface area (TPSA) is 120 Å². The highest BCUT2D eigenvalue weighted by atomic mass is 16.6. The van der Waals surface area contributed by atoms with Crippen LogP contribution in [0.3, 0.4) is 0 Å². The second-order valence-electron chi connectivity index (χ2n) is 5.11. The molecule has 0 saturated carbocycles. The number of nitro benzene ring substituents is 1. The molecule has 1 heterocycles. The van der Waals surface area contributed by atoms with E-state index < -0.39 is 17.4 Å². The molecule has 0 saturated heterocycles. The molecule has 0 unspecified atom stereocenters. The minimum atomic E-state index is -0.584. The highest BCUT2D eigenvalue weighted by Gasteiger charge is 2.17. The van der Waals surface area contributed by atoms with Gasteiger partial charge in [-0.15, -0.1) is 0 Å². The number of nitro groups is 1. The number of carbonyl (C=O) groups excluding carboxylic acids is 2. The molecule has 3 rings (SSSR count). The molecule has 0 aliphatic carbocycles. The summed E-state index contributed by atoms with van der Waals surface area (Å²) in [6.07, 6.45) is 0. The predicted molar refractivity (Wildman–Crippen MR) is 87.8 cm³/mol. The first-order valence-corrected chi connectivity index (χ1v) is 7.26. The van der Waals surface area contributed by atoms with E-state index in [4.69, 9.17) is 9.47 Å². The fraction of sp³-hybridized carbons (Fsp3) is 0.125. The van der Waals surface area contributed by atoms with Gasteiger partial charge in [0.25, 0.3) is 11.8 Å². The van der Waals surface area contributed by atoms with Crippen molar-refractivity contribution >= 4 is 28.9 Å². The molecule has 25 heavy (non-hydrogen) atoms. The number of rotatable bonds is 5. The zero-order chi connectivity index (χ0) is 17.8. The molecule has 0 fully saturated rings. The van der Waals surface area contributed by atoms with Crippen molar-refractivity contribution in [1.29, 1.82) is 0 Å². The molecule has 2 amide bonds. The first-order valence-electron chi connectivity index (χ1n) is 7.26. The number of nitrogens with one attached hydrogen (secondary N) is 2. The summed E-state index contributed by atoms with van der Waals surface area (Å²) in [5, 5.41) is 16.1. The summed E-state index contributed by atoms with van der Waals surface area (Å²) in [6, 6.07) is 10.6. The zero-order valence-corrected chi connectivity index (χ0v) is 12.9. The highest BCUT2D eigenvalue weighted by molar-refractivity contribution is 5.97. The van der Waals surface area contributed by atoms with Gasteiger partial charge in [0.05, 0.1) is 10.6 Å². The zero-order valence-electron chi connectivity index (χ0n) is 12.9. The third-order valence-electron chi connectivity index (χ3n) is 3.32. The molecule has 0 radical (unpaired) electrons. The van der Waals surface area contributed by atoms with E-state index in [1.165, 1.54) is 18.2 Å². The summed E-state index contributed by atoms with van der Waals surface area (Å²) in [6.45, 7) is -0.451. The highest BCUT2D eigenvalue weighted by Crippen LogP contribution is 2.30. The normalized spacial score (nSPS) is 12.4. The van der Waals surface area contributed by atoms with Crippen molar-refractivity contribution in [3.8, 4) is 11.5 Å². The van der Waals surface area contributed by atoms with E-state index in [0.29, 0.717) is 17.1 Å². The van der Waals surface area contributed by atoms with Gasteiger partial charge in [-0.1, -0.05) is 12.1 Å². The Balaban J connectivity index is 1.63. The monoisotopic (exact) mass is 343 g/mol. The minimum Gasteiger partial charge on any atom is -0.482 e. The van der Waals surface area contributed by atoms with Gasteiger partial charge in [-0.05, 0) is 24.3 Å².